The van der Waals surface area contributed by atoms with Gasteiger partial charge in [-0.2, -0.15) is 10.2 Å². The van der Waals surface area contributed by atoms with Gasteiger partial charge in [-0.1, -0.05) is 0 Å². The van der Waals surface area contributed by atoms with Gasteiger partial charge in [0.05, 0.1) is 7.11 Å². The van der Waals surface area contributed by atoms with Crippen molar-refractivity contribution in [2.45, 2.75) is 64.1 Å². The Kier molecular flexibility index (Phi) is 5.73. The molecule has 1 amide bonds. The van der Waals surface area contributed by atoms with Gasteiger partial charge in [0.2, 0.25) is 11.8 Å². The fourth-order valence-corrected chi connectivity index (χ4v) is 3.31. The van der Waals surface area contributed by atoms with Crippen molar-refractivity contribution in [3.05, 3.63) is 17.7 Å². The third-order valence-electron chi connectivity index (χ3n) is 4.37. The average Bonchev–Trinajstić information content (AvgIpc) is 2.55. The predicted molar refractivity (Wildman–Crippen MR) is 91.8 cm³/mol. The van der Waals surface area contributed by atoms with E-state index in [0.717, 1.165) is 25.7 Å². The van der Waals surface area contributed by atoms with E-state index in [2.05, 4.69) is 4.98 Å². The zero-order valence-electron chi connectivity index (χ0n) is 15.2. The van der Waals surface area contributed by atoms with Crippen LogP contribution in [0.5, 0.6) is 11.8 Å². The number of pyridine rings is 1. The van der Waals surface area contributed by atoms with E-state index < -0.39 is 11.6 Å². The maximum absolute atomic E-state index is 11.6. The Bertz CT molecular complexity index is 655. The van der Waals surface area contributed by atoms with Gasteiger partial charge < -0.3 is 19.5 Å². The molecule has 0 unspecified atom stereocenters. The maximum atomic E-state index is 11.6. The summed E-state index contributed by atoms with van der Waals surface area (Å²) in [7, 11) is 1.46. The summed E-state index contributed by atoms with van der Waals surface area (Å²) in [4.78, 5) is 17.3. The van der Waals surface area contributed by atoms with Crippen LogP contribution in [0, 0.1) is 11.3 Å². The lowest BCUT2D eigenvalue weighted by atomic mass is 9.89. The van der Waals surface area contributed by atoms with Crippen LogP contribution in [-0.4, -0.2) is 45.9 Å². The van der Waals surface area contributed by atoms with Crippen molar-refractivity contribution in [1.82, 2.24) is 9.88 Å². The molecule has 0 radical (unpaired) electrons. The van der Waals surface area contributed by atoms with Crippen LogP contribution in [0.15, 0.2) is 12.1 Å². The van der Waals surface area contributed by atoms with Crippen molar-refractivity contribution >= 4 is 6.09 Å². The molecule has 0 bridgehead atoms. The number of nitrogens with zero attached hydrogens (tertiary/aromatic N) is 3. The second kappa shape index (κ2) is 7.60. The number of amides is 1. The van der Waals surface area contributed by atoms with Gasteiger partial charge >= 0.3 is 6.09 Å². The van der Waals surface area contributed by atoms with Crippen LogP contribution in [0.3, 0.4) is 0 Å². The first-order chi connectivity index (χ1) is 11.8. The van der Waals surface area contributed by atoms with Gasteiger partial charge in [0, 0.05) is 17.6 Å². The number of aromatic nitrogens is 1. The molecule has 1 aromatic heterocycles. The van der Waals surface area contributed by atoms with E-state index in [1.54, 1.807) is 17.0 Å². The minimum atomic E-state index is -0.879. The zero-order valence-corrected chi connectivity index (χ0v) is 15.2. The molecule has 25 heavy (non-hydrogen) atoms. The average molecular weight is 347 g/mol. The van der Waals surface area contributed by atoms with Crippen molar-refractivity contribution in [3.63, 3.8) is 0 Å². The molecule has 7 heteroatoms. The molecule has 0 saturated heterocycles. The fraction of sp³-hybridized carbons (Fsp3) is 0.611. The summed E-state index contributed by atoms with van der Waals surface area (Å²) in [5.74, 6) is 0.670. The smallest absolute Gasteiger partial charge is 0.407 e. The van der Waals surface area contributed by atoms with Crippen LogP contribution in [0.2, 0.25) is 0 Å². The number of ether oxygens (including phenoxy) is 2. The Morgan fingerprint density at radius 2 is 1.96 bits per heavy atom. The highest BCUT2D eigenvalue weighted by Gasteiger charge is 2.36. The van der Waals surface area contributed by atoms with E-state index >= 15 is 0 Å². The Labute approximate surface area is 148 Å². The number of hydrogen-bond acceptors (Lipinski definition) is 5. The third-order valence-corrected chi connectivity index (χ3v) is 4.37. The summed E-state index contributed by atoms with van der Waals surface area (Å²) in [6.07, 6.45) is 2.12. The van der Waals surface area contributed by atoms with Crippen molar-refractivity contribution in [2.24, 2.45) is 0 Å². The van der Waals surface area contributed by atoms with Gasteiger partial charge in [-0.15, -0.1) is 0 Å². The molecular weight excluding hydrogens is 322 g/mol. The lowest BCUT2D eigenvalue weighted by Crippen LogP contribution is -2.52. The third kappa shape index (κ3) is 4.53. The monoisotopic (exact) mass is 347 g/mol. The highest BCUT2D eigenvalue weighted by molar-refractivity contribution is 5.66. The first kappa shape index (κ1) is 18.8. The summed E-state index contributed by atoms with van der Waals surface area (Å²) < 4.78 is 11.0. The van der Waals surface area contributed by atoms with Crippen LogP contribution >= 0.6 is 0 Å². The SMILES string of the molecule is COc1nc(OC2CCC(N(C(=O)O)C(C)(C)C)CC2)ccc1C#N. The second-order valence-electron chi connectivity index (χ2n) is 7.19. The molecule has 1 saturated carbocycles. The van der Waals surface area contributed by atoms with Crippen LogP contribution in [0.4, 0.5) is 4.79 Å². The number of methoxy groups -OCH3 is 1. The molecule has 1 heterocycles. The Balaban J connectivity index is 1.99. The van der Waals surface area contributed by atoms with Crippen molar-refractivity contribution in [2.75, 3.05) is 7.11 Å². The molecule has 0 aliphatic heterocycles. The van der Waals surface area contributed by atoms with E-state index in [1.165, 1.54) is 7.11 Å². The molecule has 0 spiro atoms. The molecule has 1 aliphatic rings. The summed E-state index contributed by atoms with van der Waals surface area (Å²) >= 11 is 0. The highest BCUT2D eigenvalue weighted by Crippen LogP contribution is 2.31. The Morgan fingerprint density at radius 1 is 1.32 bits per heavy atom. The summed E-state index contributed by atoms with van der Waals surface area (Å²) in [6, 6.07) is 5.30. The molecule has 1 N–H and O–H groups in total. The normalized spacial score (nSPS) is 20.4. The Hall–Kier alpha value is -2.49. The predicted octanol–water partition coefficient (Wildman–Crippen LogP) is 3.43. The molecule has 2 rings (SSSR count). The van der Waals surface area contributed by atoms with Gasteiger partial charge in [-0.25, -0.2) is 4.79 Å². The molecule has 1 fully saturated rings. The van der Waals surface area contributed by atoms with Crippen molar-refractivity contribution in [3.8, 4) is 17.8 Å². The molecule has 0 atom stereocenters. The lowest BCUT2D eigenvalue weighted by molar-refractivity contribution is 0.0358. The number of rotatable bonds is 4. The quantitative estimate of drug-likeness (QED) is 0.896. The Morgan fingerprint density at radius 3 is 2.44 bits per heavy atom. The van der Waals surface area contributed by atoms with Gasteiger partial charge in [0.15, 0.2) is 0 Å². The van der Waals surface area contributed by atoms with Crippen LogP contribution in [-0.2, 0) is 0 Å². The molecular formula is C18H25N3O4. The van der Waals surface area contributed by atoms with Gasteiger partial charge in [-0.3, -0.25) is 0 Å². The molecule has 136 valence electrons. The lowest BCUT2D eigenvalue weighted by Gasteiger charge is -2.42. The van der Waals surface area contributed by atoms with Crippen molar-refractivity contribution in [1.29, 1.82) is 5.26 Å². The molecule has 1 aliphatic carbocycles. The largest absolute Gasteiger partial charge is 0.480 e. The molecule has 0 aromatic carbocycles. The first-order valence-electron chi connectivity index (χ1n) is 8.40. The second-order valence-corrected chi connectivity index (χ2v) is 7.19. The summed E-state index contributed by atoms with van der Waals surface area (Å²) in [5.41, 5.74) is -0.0625. The van der Waals surface area contributed by atoms with Crippen LogP contribution in [0.1, 0.15) is 52.0 Å². The first-order valence-corrected chi connectivity index (χ1v) is 8.40. The summed E-state index contributed by atoms with van der Waals surface area (Å²) in [5, 5.41) is 18.5. The summed E-state index contributed by atoms with van der Waals surface area (Å²) in [6.45, 7) is 5.74. The van der Waals surface area contributed by atoms with Gasteiger partial charge in [-0.05, 0) is 52.5 Å². The minimum Gasteiger partial charge on any atom is -0.480 e. The maximum Gasteiger partial charge on any atom is 0.407 e. The van der Waals surface area contributed by atoms with Crippen LogP contribution < -0.4 is 9.47 Å². The standard InChI is InChI=1S/C18H25N3O4/c1-18(2,3)21(17(22)23)13-6-8-14(9-7-13)25-15-10-5-12(11-19)16(20-15)24-4/h5,10,13-14H,6-9H2,1-4H3,(H,22,23). The van der Waals surface area contributed by atoms with Gasteiger partial charge in [0.1, 0.15) is 17.7 Å². The van der Waals surface area contributed by atoms with E-state index in [0.29, 0.717) is 11.4 Å². The van der Waals surface area contributed by atoms with E-state index in [-0.39, 0.29) is 18.0 Å². The van der Waals surface area contributed by atoms with Gasteiger partial charge in [0.25, 0.3) is 0 Å². The minimum absolute atomic E-state index is 0.000750. The number of hydrogen-bond donors (Lipinski definition) is 1. The number of carbonyl (C=O) groups is 1. The fourth-order valence-electron chi connectivity index (χ4n) is 3.31. The topological polar surface area (TPSA) is 95.7 Å². The van der Waals surface area contributed by atoms with Crippen LogP contribution in [0.25, 0.3) is 0 Å². The molecule has 7 nitrogen and oxygen atoms in total. The van der Waals surface area contributed by atoms with E-state index in [1.807, 2.05) is 26.8 Å². The zero-order chi connectivity index (χ0) is 18.6. The van der Waals surface area contributed by atoms with E-state index in [9.17, 15) is 9.90 Å². The highest BCUT2D eigenvalue weighted by atomic mass is 16.5. The van der Waals surface area contributed by atoms with E-state index in [4.69, 9.17) is 14.7 Å². The molecule has 1 aromatic rings. The number of nitriles is 1. The van der Waals surface area contributed by atoms with Crippen molar-refractivity contribution < 1.29 is 19.4 Å². The number of carboxylic acid groups (broad SMARTS) is 1.